The predicted octanol–water partition coefficient (Wildman–Crippen LogP) is 1.73. The van der Waals surface area contributed by atoms with E-state index in [1.807, 2.05) is 37.3 Å². The van der Waals surface area contributed by atoms with Crippen molar-refractivity contribution in [2.45, 2.75) is 26.2 Å². The van der Waals surface area contributed by atoms with Crippen molar-refractivity contribution in [2.24, 2.45) is 28.5 Å². The molecular formula is C19H26N6O2. The summed E-state index contributed by atoms with van der Waals surface area (Å²) < 4.78 is 0. The Morgan fingerprint density at radius 2 is 1.85 bits per heavy atom. The van der Waals surface area contributed by atoms with Gasteiger partial charge in [-0.25, -0.2) is 16.4 Å². The molecule has 2 rings (SSSR count). The first-order valence-electron chi connectivity index (χ1n) is 8.78. The molecule has 144 valence electrons. The maximum Gasteiger partial charge on any atom is 0.307 e. The number of aromatic nitrogens is 1. The predicted molar refractivity (Wildman–Crippen MR) is 106 cm³/mol. The van der Waals surface area contributed by atoms with Crippen LogP contribution >= 0.6 is 0 Å². The van der Waals surface area contributed by atoms with Gasteiger partial charge >= 0.3 is 5.97 Å². The zero-order chi connectivity index (χ0) is 19.8. The monoisotopic (exact) mass is 370 g/mol. The maximum atomic E-state index is 11.7. The van der Waals surface area contributed by atoms with E-state index in [0.717, 1.165) is 23.1 Å². The Balaban J connectivity index is 2.24. The largest absolute Gasteiger partial charge is 0.481 e. The Hall–Kier alpha value is -3.13. The summed E-state index contributed by atoms with van der Waals surface area (Å²) in [7, 11) is 0. The van der Waals surface area contributed by atoms with E-state index < -0.39 is 17.8 Å². The minimum absolute atomic E-state index is 0.185. The fourth-order valence-electron chi connectivity index (χ4n) is 3.08. The molecule has 1 heterocycles. The lowest BCUT2D eigenvalue weighted by Gasteiger charge is -2.23. The molecule has 0 aliphatic carbocycles. The first-order chi connectivity index (χ1) is 13.0. The highest BCUT2D eigenvalue weighted by atomic mass is 16.4. The van der Waals surface area contributed by atoms with Crippen molar-refractivity contribution in [3.8, 4) is 11.1 Å². The average Bonchev–Trinajstić information content (AvgIpc) is 2.66. The number of hydrogen-bond acceptors (Lipinski definition) is 6. The van der Waals surface area contributed by atoms with E-state index >= 15 is 0 Å². The number of carbonyl (C=O) groups is 1. The Kier molecular flexibility index (Phi) is 7.13. The lowest BCUT2D eigenvalue weighted by Crippen LogP contribution is -2.38. The fourth-order valence-corrected chi connectivity index (χ4v) is 3.08. The molecule has 1 aromatic heterocycles. The van der Waals surface area contributed by atoms with Crippen LogP contribution in [0.3, 0.4) is 0 Å². The van der Waals surface area contributed by atoms with Gasteiger partial charge in [-0.3, -0.25) is 4.79 Å². The molecule has 0 fully saturated rings. The van der Waals surface area contributed by atoms with Crippen LogP contribution < -0.4 is 22.8 Å². The third-order valence-corrected chi connectivity index (χ3v) is 4.51. The highest BCUT2D eigenvalue weighted by molar-refractivity contribution is 5.87. The van der Waals surface area contributed by atoms with E-state index in [1.165, 1.54) is 0 Å². The van der Waals surface area contributed by atoms with Crippen molar-refractivity contribution < 1.29 is 9.90 Å². The number of carboxylic acid groups (broad SMARTS) is 1. The number of rotatable bonds is 9. The molecule has 2 atom stereocenters. The van der Waals surface area contributed by atoms with E-state index in [0.29, 0.717) is 18.7 Å². The number of nitrogens with two attached hydrogens (primary N) is 3. The number of hydrogen-bond donors (Lipinski definition) is 5. The second-order valence-electron chi connectivity index (χ2n) is 6.38. The topological polar surface area (TPSA) is 153 Å². The van der Waals surface area contributed by atoms with Crippen LogP contribution in [0.5, 0.6) is 0 Å². The fraction of sp³-hybridized carbons (Fsp3) is 0.316. The molecule has 0 aliphatic heterocycles. The summed E-state index contributed by atoms with van der Waals surface area (Å²) in [4.78, 5) is 15.8. The second kappa shape index (κ2) is 9.54. The molecule has 0 saturated heterocycles. The minimum Gasteiger partial charge on any atom is -0.481 e. The van der Waals surface area contributed by atoms with E-state index in [4.69, 9.17) is 17.3 Å². The lowest BCUT2D eigenvalue weighted by molar-refractivity contribution is -0.143. The molecule has 0 radical (unpaired) electrons. The zero-order valence-corrected chi connectivity index (χ0v) is 15.3. The molecule has 8 nitrogen and oxygen atoms in total. The minimum atomic E-state index is -0.887. The SMILES string of the molecule is CCC[C@H](C(=O)O)[C@H](Cc1ccc(-c2ccc(N)nc2)cc1)/C(N)=N/NN. The summed E-state index contributed by atoms with van der Waals surface area (Å²) in [6, 6.07) is 11.5. The third-order valence-electron chi connectivity index (χ3n) is 4.51. The van der Waals surface area contributed by atoms with E-state index in [1.54, 1.807) is 12.3 Å². The summed E-state index contributed by atoms with van der Waals surface area (Å²) in [5.41, 5.74) is 16.7. The van der Waals surface area contributed by atoms with E-state index in [2.05, 4.69) is 15.6 Å². The Bertz CT molecular complexity index is 774. The molecule has 2 aromatic rings. The zero-order valence-electron chi connectivity index (χ0n) is 15.3. The number of amidine groups is 1. The van der Waals surface area contributed by atoms with Gasteiger partial charge in [0.25, 0.3) is 0 Å². The Labute approximate surface area is 158 Å². The number of hydrazine groups is 1. The lowest BCUT2D eigenvalue weighted by atomic mass is 9.83. The number of nitrogens with one attached hydrogen (secondary N) is 1. The first-order valence-corrected chi connectivity index (χ1v) is 8.78. The number of hydrazone groups is 1. The number of nitrogens with zero attached hydrogens (tertiary/aromatic N) is 2. The van der Waals surface area contributed by atoms with Crippen LogP contribution in [0.2, 0.25) is 0 Å². The van der Waals surface area contributed by atoms with Crippen LogP contribution in [0.1, 0.15) is 25.3 Å². The van der Waals surface area contributed by atoms with Gasteiger partial charge < -0.3 is 16.6 Å². The van der Waals surface area contributed by atoms with Gasteiger partial charge in [0.05, 0.1) is 5.92 Å². The van der Waals surface area contributed by atoms with Crippen molar-refractivity contribution in [3.63, 3.8) is 0 Å². The van der Waals surface area contributed by atoms with Crippen LogP contribution in [0.15, 0.2) is 47.7 Å². The quantitative estimate of drug-likeness (QED) is 0.195. The third kappa shape index (κ3) is 5.42. The van der Waals surface area contributed by atoms with Gasteiger partial charge in [-0.15, -0.1) is 0 Å². The summed E-state index contributed by atoms with van der Waals surface area (Å²) in [6.07, 6.45) is 3.41. The highest BCUT2D eigenvalue weighted by Gasteiger charge is 2.30. The molecule has 0 aliphatic rings. The van der Waals surface area contributed by atoms with Crippen molar-refractivity contribution in [1.29, 1.82) is 0 Å². The molecule has 0 bridgehead atoms. The number of benzene rings is 1. The second-order valence-corrected chi connectivity index (χ2v) is 6.38. The number of carboxylic acids is 1. The van der Waals surface area contributed by atoms with Crippen LogP contribution in [0.25, 0.3) is 11.1 Å². The van der Waals surface area contributed by atoms with Gasteiger partial charge in [0.15, 0.2) is 0 Å². The van der Waals surface area contributed by atoms with Gasteiger partial charge in [-0.05, 0) is 36.1 Å². The summed E-state index contributed by atoms with van der Waals surface area (Å²) >= 11 is 0. The van der Waals surface area contributed by atoms with Crippen molar-refractivity contribution >= 4 is 17.6 Å². The Morgan fingerprint density at radius 3 is 2.37 bits per heavy atom. The van der Waals surface area contributed by atoms with Gasteiger partial charge in [0, 0.05) is 17.7 Å². The van der Waals surface area contributed by atoms with Crippen LogP contribution in [0, 0.1) is 11.8 Å². The van der Waals surface area contributed by atoms with Gasteiger partial charge in [-0.2, -0.15) is 5.10 Å². The van der Waals surface area contributed by atoms with Crippen LogP contribution in [-0.2, 0) is 11.2 Å². The summed E-state index contributed by atoms with van der Waals surface area (Å²) in [5.74, 6) is 3.91. The van der Waals surface area contributed by atoms with Crippen molar-refractivity contribution in [1.82, 2.24) is 10.5 Å². The normalized spacial score (nSPS) is 13.8. The maximum absolute atomic E-state index is 11.7. The Morgan fingerprint density at radius 1 is 1.19 bits per heavy atom. The number of pyridine rings is 1. The van der Waals surface area contributed by atoms with Gasteiger partial charge in [0.1, 0.15) is 11.7 Å². The molecule has 27 heavy (non-hydrogen) atoms. The van der Waals surface area contributed by atoms with E-state index in [9.17, 15) is 9.90 Å². The summed E-state index contributed by atoms with van der Waals surface area (Å²) in [5, 5.41) is 13.4. The summed E-state index contributed by atoms with van der Waals surface area (Å²) in [6.45, 7) is 1.94. The molecule has 0 unspecified atom stereocenters. The first kappa shape index (κ1) is 20.2. The van der Waals surface area contributed by atoms with Gasteiger partial charge in [0.2, 0.25) is 0 Å². The highest BCUT2D eigenvalue weighted by Crippen LogP contribution is 2.25. The smallest absolute Gasteiger partial charge is 0.307 e. The molecule has 8 N–H and O–H groups in total. The van der Waals surface area contributed by atoms with Crippen molar-refractivity contribution in [2.75, 3.05) is 5.73 Å². The van der Waals surface area contributed by atoms with Gasteiger partial charge in [-0.1, -0.05) is 37.6 Å². The number of aliphatic carboxylic acids is 1. The molecule has 1 aromatic carbocycles. The standard InChI is InChI=1S/C19H26N6O2/c1-2-3-15(19(26)27)16(18(21)24-25-22)10-12-4-6-13(7-5-12)14-8-9-17(20)23-11-14/h4-9,11,15-16,25H,2-3,10,22H2,1H3,(H2,20,23)(H2,21,24)(H,26,27)/t15-,16-/m0/s1. The number of nitrogen functional groups attached to an aromatic ring is 1. The number of anilines is 1. The average molecular weight is 370 g/mol. The molecule has 0 spiro atoms. The molecule has 8 heteroatoms. The molecular weight excluding hydrogens is 344 g/mol. The van der Waals surface area contributed by atoms with Crippen LogP contribution in [0.4, 0.5) is 5.82 Å². The van der Waals surface area contributed by atoms with Crippen LogP contribution in [-0.4, -0.2) is 21.9 Å². The van der Waals surface area contributed by atoms with Crippen molar-refractivity contribution in [3.05, 3.63) is 48.2 Å². The molecule has 0 amide bonds. The molecule has 0 saturated carbocycles. The van der Waals surface area contributed by atoms with E-state index in [-0.39, 0.29) is 5.84 Å².